The number of benzene rings is 1. The largest absolute Gasteiger partial charge is 0.497 e. The molecule has 0 radical (unpaired) electrons. The van der Waals surface area contributed by atoms with E-state index in [0.717, 1.165) is 30.2 Å². The summed E-state index contributed by atoms with van der Waals surface area (Å²) >= 11 is 3.75. The van der Waals surface area contributed by atoms with Crippen LogP contribution in [0.25, 0.3) is 0 Å². The van der Waals surface area contributed by atoms with Crippen molar-refractivity contribution in [3.05, 3.63) is 29.8 Å². The second-order valence-corrected chi connectivity index (χ2v) is 5.87. The number of rotatable bonds is 4. The number of methoxy groups -OCH3 is 1. The Morgan fingerprint density at radius 2 is 2.19 bits per heavy atom. The summed E-state index contributed by atoms with van der Waals surface area (Å²) in [5, 5.41) is 0. The molecule has 0 unspecified atom stereocenters. The molecule has 1 aliphatic heterocycles. The molecule has 0 saturated carbocycles. The van der Waals surface area contributed by atoms with Gasteiger partial charge in [-0.05, 0) is 24.1 Å². The van der Waals surface area contributed by atoms with Crippen LogP contribution in [-0.4, -0.2) is 29.5 Å². The molecular weight excluding hydrogens is 238 g/mol. The van der Waals surface area contributed by atoms with E-state index in [1.54, 1.807) is 7.11 Å². The van der Waals surface area contributed by atoms with E-state index in [9.17, 15) is 0 Å². The Kier molecular flexibility index (Phi) is 4.60. The van der Waals surface area contributed by atoms with Crippen LogP contribution in [0.4, 0.5) is 0 Å². The summed E-state index contributed by atoms with van der Waals surface area (Å²) in [6, 6.07) is 8.29. The summed E-state index contributed by atoms with van der Waals surface area (Å²) in [6.45, 7) is 0.996. The van der Waals surface area contributed by atoms with Gasteiger partial charge in [0.15, 0.2) is 0 Å². The molecule has 0 fully saturated rings. The van der Waals surface area contributed by atoms with Gasteiger partial charge in [0.2, 0.25) is 0 Å². The second kappa shape index (κ2) is 6.21. The van der Waals surface area contributed by atoms with Gasteiger partial charge in [0, 0.05) is 11.5 Å². The van der Waals surface area contributed by atoms with Crippen LogP contribution in [0.5, 0.6) is 5.75 Å². The van der Waals surface area contributed by atoms with Crippen molar-refractivity contribution in [2.75, 3.05) is 25.2 Å². The Bertz CT molecular complexity index is 362. The van der Waals surface area contributed by atoms with Crippen LogP contribution >= 0.6 is 23.5 Å². The lowest BCUT2D eigenvalue weighted by molar-refractivity contribution is 0.414. The Balaban J connectivity index is 1.76. The minimum atomic E-state index is 0.923. The van der Waals surface area contributed by atoms with Crippen LogP contribution in [0, 0.1) is 0 Å². The smallest absolute Gasteiger partial charge is 0.124 e. The van der Waals surface area contributed by atoms with Gasteiger partial charge in [-0.3, -0.25) is 4.99 Å². The fourth-order valence-electron chi connectivity index (χ4n) is 1.45. The monoisotopic (exact) mass is 253 g/mol. The van der Waals surface area contributed by atoms with Gasteiger partial charge in [0.25, 0.3) is 0 Å². The molecule has 86 valence electrons. The Morgan fingerprint density at radius 3 is 2.81 bits per heavy atom. The number of hydrogen-bond acceptors (Lipinski definition) is 4. The zero-order valence-electron chi connectivity index (χ0n) is 9.31. The fraction of sp³-hybridized carbons (Fsp3) is 0.417. The first-order valence-corrected chi connectivity index (χ1v) is 7.28. The molecule has 1 aromatic rings. The van der Waals surface area contributed by atoms with Crippen LogP contribution in [0.15, 0.2) is 29.3 Å². The fourth-order valence-corrected chi connectivity index (χ4v) is 3.52. The van der Waals surface area contributed by atoms with E-state index in [4.69, 9.17) is 4.74 Å². The normalized spacial score (nSPS) is 14.9. The van der Waals surface area contributed by atoms with Crippen LogP contribution in [-0.2, 0) is 6.42 Å². The molecule has 1 aliphatic rings. The van der Waals surface area contributed by atoms with Gasteiger partial charge in [0.05, 0.1) is 13.7 Å². The first kappa shape index (κ1) is 11.9. The number of hydrogen-bond donors (Lipinski definition) is 0. The number of thioether (sulfide) groups is 2. The van der Waals surface area contributed by atoms with Crippen molar-refractivity contribution in [2.24, 2.45) is 4.99 Å². The Labute approximate surface area is 105 Å². The van der Waals surface area contributed by atoms with Gasteiger partial charge in [0.1, 0.15) is 10.1 Å². The number of aryl methyl sites for hydroxylation is 1. The van der Waals surface area contributed by atoms with Crippen molar-refractivity contribution in [1.29, 1.82) is 0 Å². The first-order chi connectivity index (χ1) is 7.88. The first-order valence-electron chi connectivity index (χ1n) is 5.31. The van der Waals surface area contributed by atoms with Gasteiger partial charge in [-0.15, -0.1) is 0 Å². The highest BCUT2D eigenvalue weighted by atomic mass is 32.2. The van der Waals surface area contributed by atoms with Crippen molar-refractivity contribution in [3.8, 4) is 5.75 Å². The van der Waals surface area contributed by atoms with Gasteiger partial charge in [-0.1, -0.05) is 35.7 Å². The highest BCUT2D eigenvalue weighted by Crippen LogP contribution is 2.23. The minimum Gasteiger partial charge on any atom is -0.497 e. The van der Waals surface area contributed by atoms with E-state index >= 15 is 0 Å². The lowest BCUT2D eigenvalue weighted by atomic mass is 10.2. The van der Waals surface area contributed by atoms with E-state index in [2.05, 4.69) is 17.1 Å². The summed E-state index contributed by atoms with van der Waals surface area (Å²) in [5.74, 6) is 3.19. The highest BCUT2D eigenvalue weighted by molar-refractivity contribution is 8.39. The Hall–Kier alpha value is -0.610. The molecule has 0 atom stereocenters. The standard InChI is InChI=1S/C12H15NOS2/c1-14-11-4-2-10(3-5-11)6-8-15-12-13-7-9-16-12/h2-5H,6-9H2,1H3. The molecule has 0 bridgehead atoms. The van der Waals surface area contributed by atoms with E-state index in [-0.39, 0.29) is 0 Å². The number of nitrogens with zero attached hydrogens (tertiary/aromatic N) is 1. The summed E-state index contributed by atoms with van der Waals surface area (Å²) in [4.78, 5) is 4.42. The van der Waals surface area contributed by atoms with Gasteiger partial charge < -0.3 is 4.74 Å². The molecule has 1 heterocycles. The molecule has 0 amide bonds. The topological polar surface area (TPSA) is 21.6 Å². The lowest BCUT2D eigenvalue weighted by Crippen LogP contribution is -1.91. The molecule has 0 spiro atoms. The van der Waals surface area contributed by atoms with E-state index in [0.29, 0.717) is 0 Å². The summed E-state index contributed by atoms with van der Waals surface area (Å²) in [5.41, 5.74) is 1.36. The molecule has 0 aliphatic carbocycles. The van der Waals surface area contributed by atoms with E-state index < -0.39 is 0 Å². The molecule has 1 aromatic carbocycles. The predicted octanol–water partition coefficient (Wildman–Crippen LogP) is 3.07. The molecule has 2 rings (SSSR count). The van der Waals surface area contributed by atoms with Crippen LogP contribution in [0.1, 0.15) is 5.56 Å². The van der Waals surface area contributed by atoms with E-state index in [1.807, 2.05) is 35.7 Å². The summed E-state index contributed by atoms with van der Waals surface area (Å²) in [6.07, 6.45) is 1.09. The summed E-state index contributed by atoms with van der Waals surface area (Å²) < 4.78 is 6.39. The third kappa shape index (κ3) is 3.46. The molecule has 0 aromatic heterocycles. The van der Waals surface area contributed by atoms with Crippen LogP contribution in [0.3, 0.4) is 0 Å². The van der Waals surface area contributed by atoms with Crippen molar-refractivity contribution in [2.45, 2.75) is 6.42 Å². The molecular formula is C12H15NOS2. The molecule has 2 nitrogen and oxygen atoms in total. The molecule has 0 saturated heterocycles. The number of aliphatic imine (C=N–C) groups is 1. The molecule has 16 heavy (non-hydrogen) atoms. The maximum atomic E-state index is 5.13. The van der Waals surface area contributed by atoms with E-state index in [1.165, 1.54) is 9.94 Å². The minimum absolute atomic E-state index is 0.923. The average molecular weight is 253 g/mol. The van der Waals surface area contributed by atoms with Crippen molar-refractivity contribution in [3.63, 3.8) is 0 Å². The third-order valence-corrected chi connectivity index (χ3v) is 4.59. The van der Waals surface area contributed by atoms with Gasteiger partial charge >= 0.3 is 0 Å². The lowest BCUT2D eigenvalue weighted by Gasteiger charge is -2.03. The average Bonchev–Trinajstić information content (AvgIpc) is 2.83. The van der Waals surface area contributed by atoms with Gasteiger partial charge in [-0.25, -0.2) is 0 Å². The zero-order chi connectivity index (χ0) is 11.2. The predicted molar refractivity (Wildman–Crippen MR) is 73.9 cm³/mol. The number of ether oxygens (including phenoxy) is 1. The van der Waals surface area contributed by atoms with Crippen molar-refractivity contribution in [1.82, 2.24) is 0 Å². The second-order valence-electron chi connectivity index (χ2n) is 3.44. The summed E-state index contributed by atoms with van der Waals surface area (Å²) in [7, 11) is 1.69. The maximum Gasteiger partial charge on any atom is 0.124 e. The SMILES string of the molecule is COc1ccc(CCSC2=NCCS2)cc1. The quantitative estimate of drug-likeness (QED) is 0.823. The molecule has 0 N–H and O–H groups in total. The maximum absolute atomic E-state index is 5.13. The van der Waals surface area contributed by atoms with Crippen LogP contribution in [0.2, 0.25) is 0 Å². The van der Waals surface area contributed by atoms with Crippen molar-refractivity contribution < 1.29 is 4.74 Å². The van der Waals surface area contributed by atoms with Crippen LogP contribution < -0.4 is 4.74 Å². The Morgan fingerprint density at radius 1 is 1.38 bits per heavy atom. The molecule has 4 heteroatoms. The zero-order valence-corrected chi connectivity index (χ0v) is 10.9. The van der Waals surface area contributed by atoms with Gasteiger partial charge in [-0.2, -0.15) is 0 Å². The van der Waals surface area contributed by atoms with Crippen molar-refractivity contribution >= 4 is 27.9 Å². The highest BCUT2D eigenvalue weighted by Gasteiger charge is 2.06. The third-order valence-electron chi connectivity index (χ3n) is 2.33.